The SMILES string of the molecule is O=C(O)C(F)(F)F.O=C1Nc2ccccc2C12CC2c1ccc2c(/C=C/c3ccc(CN4CCCCC4)nc3)n[nH]c2c1. The van der Waals surface area contributed by atoms with Crippen LogP contribution < -0.4 is 5.32 Å². The van der Waals surface area contributed by atoms with E-state index in [0.29, 0.717) is 0 Å². The Hall–Kier alpha value is -4.51. The van der Waals surface area contributed by atoms with E-state index in [1.54, 1.807) is 0 Å². The Balaban J connectivity index is 0.000000423. The van der Waals surface area contributed by atoms with Crippen LogP contribution in [0.4, 0.5) is 18.9 Å². The number of aromatic nitrogens is 3. The Morgan fingerprint density at radius 3 is 2.56 bits per heavy atom. The van der Waals surface area contributed by atoms with Gasteiger partial charge in [0.05, 0.1) is 22.3 Å². The van der Waals surface area contributed by atoms with Crippen LogP contribution in [0.15, 0.2) is 60.8 Å². The van der Waals surface area contributed by atoms with Gasteiger partial charge in [0, 0.05) is 29.7 Å². The van der Waals surface area contributed by atoms with Crippen molar-refractivity contribution >= 4 is 40.6 Å². The van der Waals surface area contributed by atoms with E-state index in [4.69, 9.17) is 9.90 Å². The van der Waals surface area contributed by atoms with Gasteiger partial charge in [-0.15, -0.1) is 0 Å². The maximum atomic E-state index is 12.9. The summed E-state index contributed by atoms with van der Waals surface area (Å²) in [6, 6.07) is 18.8. The highest BCUT2D eigenvalue weighted by atomic mass is 19.4. The Morgan fingerprint density at radius 1 is 1.07 bits per heavy atom. The molecule has 2 aromatic heterocycles. The highest BCUT2D eigenvalue weighted by Gasteiger charge is 2.65. The summed E-state index contributed by atoms with van der Waals surface area (Å²) >= 11 is 0. The minimum Gasteiger partial charge on any atom is -0.475 e. The van der Waals surface area contributed by atoms with Gasteiger partial charge in [0.1, 0.15) is 0 Å². The first-order valence-corrected chi connectivity index (χ1v) is 14.2. The van der Waals surface area contributed by atoms with Gasteiger partial charge in [-0.1, -0.05) is 48.9 Å². The van der Waals surface area contributed by atoms with Gasteiger partial charge in [0.15, 0.2) is 0 Å². The third-order valence-electron chi connectivity index (χ3n) is 8.40. The molecule has 222 valence electrons. The fourth-order valence-corrected chi connectivity index (χ4v) is 6.10. The van der Waals surface area contributed by atoms with Crippen LogP contribution in [0.5, 0.6) is 0 Å². The van der Waals surface area contributed by atoms with Gasteiger partial charge in [-0.25, -0.2) is 4.79 Å². The summed E-state index contributed by atoms with van der Waals surface area (Å²) in [4.78, 5) is 28.9. The zero-order valence-electron chi connectivity index (χ0n) is 23.2. The summed E-state index contributed by atoms with van der Waals surface area (Å²) in [6.45, 7) is 3.30. The van der Waals surface area contributed by atoms with Crippen molar-refractivity contribution in [3.05, 3.63) is 88.9 Å². The normalized spacial score (nSPS) is 21.5. The van der Waals surface area contributed by atoms with Crippen LogP contribution in [0.2, 0.25) is 0 Å². The number of nitrogens with one attached hydrogen (secondary N) is 2. The number of amides is 1. The molecule has 7 rings (SSSR count). The molecule has 2 fully saturated rings. The number of anilines is 1. The third-order valence-corrected chi connectivity index (χ3v) is 8.40. The molecule has 2 atom stereocenters. The van der Waals surface area contributed by atoms with Gasteiger partial charge < -0.3 is 10.4 Å². The van der Waals surface area contributed by atoms with Crippen LogP contribution >= 0.6 is 0 Å². The number of H-pyrrole nitrogens is 1. The minimum absolute atomic E-state index is 0.123. The number of aromatic amines is 1. The van der Waals surface area contributed by atoms with E-state index < -0.39 is 17.6 Å². The van der Waals surface area contributed by atoms with Crippen molar-refractivity contribution in [1.82, 2.24) is 20.1 Å². The number of aliphatic carboxylic acids is 1. The second kappa shape index (κ2) is 11.3. The van der Waals surface area contributed by atoms with Crippen molar-refractivity contribution in [2.24, 2.45) is 0 Å². The number of carbonyl (C=O) groups excluding carboxylic acids is 1. The Morgan fingerprint density at radius 2 is 1.84 bits per heavy atom. The molecule has 1 amide bonds. The molecule has 4 heterocycles. The van der Waals surface area contributed by atoms with Gasteiger partial charge in [-0.3, -0.25) is 19.8 Å². The highest BCUT2D eigenvalue weighted by molar-refractivity contribution is 6.09. The smallest absolute Gasteiger partial charge is 0.475 e. The lowest BCUT2D eigenvalue weighted by Crippen LogP contribution is -2.29. The second-order valence-electron chi connectivity index (χ2n) is 11.2. The molecule has 1 saturated carbocycles. The number of likely N-dealkylation sites (tertiary alicyclic amines) is 1. The average Bonchev–Trinajstić information content (AvgIpc) is 3.53. The van der Waals surface area contributed by atoms with Crippen LogP contribution in [0.3, 0.4) is 0 Å². The predicted molar refractivity (Wildman–Crippen MR) is 156 cm³/mol. The number of pyridine rings is 1. The molecule has 8 nitrogen and oxygen atoms in total. The number of hydrogen-bond acceptors (Lipinski definition) is 5. The number of piperidine rings is 1. The zero-order valence-corrected chi connectivity index (χ0v) is 23.2. The van der Waals surface area contributed by atoms with E-state index in [1.165, 1.54) is 37.9 Å². The molecule has 3 N–H and O–H groups in total. The Kier molecular flexibility index (Phi) is 7.51. The second-order valence-corrected chi connectivity index (χ2v) is 11.2. The molecule has 2 aliphatic heterocycles. The molecule has 0 bridgehead atoms. The van der Waals surface area contributed by atoms with E-state index in [9.17, 15) is 18.0 Å². The predicted octanol–water partition coefficient (Wildman–Crippen LogP) is 6.12. The van der Waals surface area contributed by atoms with E-state index in [0.717, 1.165) is 52.1 Å². The first-order valence-electron chi connectivity index (χ1n) is 14.2. The molecule has 3 aliphatic rings. The lowest BCUT2D eigenvalue weighted by molar-refractivity contribution is -0.192. The van der Waals surface area contributed by atoms with Crippen LogP contribution in [0.1, 0.15) is 59.7 Å². The summed E-state index contributed by atoms with van der Waals surface area (Å²) in [5.41, 5.74) is 6.94. The quantitative estimate of drug-likeness (QED) is 0.259. The zero-order chi connectivity index (χ0) is 30.2. The fourth-order valence-electron chi connectivity index (χ4n) is 6.10. The lowest BCUT2D eigenvalue weighted by Gasteiger charge is -2.25. The monoisotopic (exact) mass is 589 g/mol. The maximum Gasteiger partial charge on any atom is 0.490 e. The molecule has 1 saturated heterocycles. The van der Waals surface area contributed by atoms with Crippen LogP contribution in [0, 0.1) is 0 Å². The number of rotatable bonds is 5. The first-order chi connectivity index (χ1) is 20.6. The van der Waals surface area contributed by atoms with Crippen molar-refractivity contribution in [2.75, 3.05) is 18.4 Å². The number of carbonyl (C=O) groups is 2. The van der Waals surface area contributed by atoms with Crippen molar-refractivity contribution < 1.29 is 27.9 Å². The summed E-state index contributed by atoms with van der Waals surface area (Å²) in [7, 11) is 0. The Bertz CT molecular complexity index is 1690. The Labute approximate surface area is 245 Å². The molecular formula is C32H30F3N5O3. The first kappa shape index (κ1) is 28.6. The van der Waals surface area contributed by atoms with Crippen molar-refractivity contribution in [3.8, 4) is 0 Å². The number of halogens is 3. The van der Waals surface area contributed by atoms with Gasteiger partial charge >= 0.3 is 12.1 Å². The van der Waals surface area contributed by atoms with E-state index in [2.05, 4.69) is 67.9 Å². The molecule has 2 aromatic carbocycles. The number of benzene rings is 2. The number of fused-ring (bicyclic) bond motifs is 3. The summed E-state index contributed by atoms with van der Waals surface area (Å²) in [6.07, 6.45) is 5.76. The molecular weight excluding hydrogens is 559 g/mol. The summed E-state index contributed by atoms with van der Waals surface area (Å²) in [5, 5.41) is 19.0. The van der Waals surface area contributed by atoms with E-state index in [-0.39, 0.29) is 11.8 Å². The van der Waals surface area contributed by atoms with Crippen molar-refractivity contribution in [1.29, 1.82) is 0 Å². The minimum atomic E-state index is -5.08. The lowest BCUT2D eigenvalue weighted by atomic mass is 9.92. The molecule has 11 heteroatoms. The van der Waals surface area contributed by atoms with Crippen LogP contribution in [0.25, 0.3) is 23.1 Å². The number of hydrogen-bond donors (Lipinski definition) is 3. The maximum absolute atomic E-state index is 12.9. The third kappa shape index (κ3) is 5.77. The highest BCUT2D eigenvalue weighted by Crippen LogP contribution is 2.65. The van der Waals surface area contributed by atoms with Crippen molar-refractivity contribution in [3.63, 3.8) is 0 Å². The number of carboxylic acid groups (broad SMARTS) is 1. The molecule has 1 spiro atoms. The summed E-state index contributed by atoms with van der Waals surface area (Å²) < 4.78 is 31.7. The molecule has 1 aliphatic carbocycles. The van der Waals surface area contributed by atoms with Gasteiger partial charge in [-0.2, -0.15) is 18.3 Å². The fraction of sp³-hybridized carbons (Fsp3) is 0.312. The molecule has 0 radical (unpaired) electrons. The van der Waals surface area contributed by atoms with Crippen LogP contribution in [-0.2, 0) is 21.5 Å². The van der Waals surface area contributed by atoms with E-state index >= 15 is 0 Å². The average molecular weight is 590 g/mol. The van der Waals surface area contributed by atoms with Gasteiger partial charge in [0.2, 0.25) is 5.91 Å². The number of alkyl halides is 3. The van der Waals surface area contributed by atoms with E-state index in [1.807, 2.05) is 30.5 Å². The van der Waals surface area contributed by atoms with Gasteiger partial charge in [0.25, 0.3) is 0 Å². The number of nitrogens with zero attached hydrogens (tertiary/aromatic N) is 3. The largest absolute Gasteiger partial charge is 0.490 e. The number of para-hydroxylation sites is 1. The van der Waals surface area contributed by atoms with Crippen LogP contribution in [-0.4, -0.2) is 56.3 Å². The topological polar surface area (TPSA) is 111 Å². The molecule has 2 unspecified atom stereocenters. The molecule has 4 aromatic rings. The van der Waals surface area contributed by atoms with Crippen molar-refractivity contribution in [2.45, 2.75) is 49.7 Å². The summed E-state index contributed by atoms with van der Waals surface area (Å²) in [5.74, 6) is -2.44. The standard InChI is InChI=1S/C30H29N5O.C2HF3O2/c36-29-30(24-6-2-3-7-27(24)32-29)17-25(30)21-10-12-23-26(33-34-28(23)16-21)13-9-20-8-11-22(31-18-20)19-35-14-4-1-5-15-35;3-2(4,5)1(6)7/h2-3,6-13,16,18,25H,1,4-5,14-15,17,19H2,(H,32,36)(H,33,34);(H,6,7)/b13-9+;. The van der Waals surface area contributed by atoms with Gasteiger partial charge in [-0.05, 0) is 73.3 Å². The molecule has 43 heavy (non-hydrogen) atoms. The number of carboxylic acids is 1.